The summed E-state index contributed by atoms with van der Waals surface area (Å²) in [5.41, 5.74) is 0.895. The van der Waals surface area contributed by atoms with Crippen LogP contribution in [0.25, 0.3) is 0 Å². The molecule has 1 heterocycles. The largest absolute Gasteiger partial charge is 0.445 e. The molecule has 1 fully saturated rings. The Labute approximate surface area is 149 Å². The van der Waals surface area contributed by atoms with Gasteiger partial charge in [0.1, 0.15) is 12.4 Å². The molecular formula is C19H19F3N2O2. The molecular weight excluding hydrogens is 345 g/mol. The second kappa shape index (κ2) is 8.23. The summed E-state index contributed by atoms with van der Waals surface area (Å²) in [6.45, 7) is 1.07. The van der Waals surface area contributed by atoms with E-state index in [0.29, 0.717) is 25.6 Å². The predicted octanol–water partition coefficient (Wildman–Crippen LogP) is 3.48. The highest BCUT2D eigenvalue weighted by atomic mass is 19.2. The number of rotatable bonds is 4. The van der Waals surface area contributed by atoms with Gasteiger partial charge in [-0.05, 0) is 30.2 Å². The van der Waals surface area contributed by atoms with Gasteiger partial charge in [0, 0.05) is 18.5 Å². The number of hydrogen-bond donors (Lipinski definition) is 2. The minimum Gasteiger partial charge on any atom is -0.445 e. The van der Waals surface area contributed by atoms with Crippen LogP contribution in [0.15, 0.2) is 42.5 Å². The molecule has 7 heteroatoms. The third-order valence-electron chi connectivity index (χ3n) is 4.44. The van der Waals surface area contributed by atoms with Gasteiger partial charge >= 0.3 is 6.09 Å². The van der Waals surface area contributed by atoms with Gasteiger partial charge in [0.2, 0.25) is 0 Å². The molecule has 0 aliphatic carbocycles. The van der Waals surface area contributed by atoms with Crippen LogP contribution in [-0.4, -0.2) is 25.2 Å². The van der Waals surface area contributed by atoms with E-state index in [-0.39, 0.29) is 12.2 Å². The zero-order chi connectivity index (χ0) is 18.5. The molecule has 0 radical (unpaired) electrons. The molecule has 1 saturated heterocycles. The van der Waals surface area contributed by atoms with E-state index in [1.807, 2.05) is 30.3 Å². The van der Waals surface area contributed by atoms with E-state index in [9.17, 15) is 18.0 Å². The first-order valence-electron chi connectivity index (χ1n) is 8.37. The predicted molar refractivity (Wildman–Crippen MR) is 90.1 cm³/mol. The van der Waals surface area contributed by atoms with Gasteiger partial charge in [-0.15, -0.1) is 0 Å². The molecule has 1 aliphatic rings. The van der Waals surface area contributed by atoms with Crippen LogP contribution >= 0.6 is 0 Å². The van der Waals surface area contributed by atoms with Crippen LogP contribution in [0.5, 0.6) is 0 Å². The molecule has 1 unspecified atom stereocenters. The summed E-state index contributed by atoms with van der Waals surface area (Å²) in [5.74, 6) is -3.63. The number of nitrogens with one attached hydrogen (secondary N) is 2. The van der Waals surface area contributed by atoms with Gasteiger partial charge in [0.05, 0.1) is 6.04 Å². The first-order chi connectivity index (χ1) is 12.5. The average molecular weight is 364 g/mol. The maximum atomic E-state index is 14.1. The van der Waals surface area contributed by atoms with Gasteiger partial charge in [-0.1, -0.05) is 30.3 Å². The van der Waals surface area contributed by atoms with Gasteiger partial charge in [0.15, 0.2) is 11.6 Å². The Kier molecular flexibility index (Phi) is 5.78. The Morgan fingerprint density at radius 1 is 1.12 bits per heavy atom. The van der Waals surface area contributed by atoms with Crippen LogP contribution in [-0.2, 0) is 11.3 Å². The summed E-state index contributed by atoms with van der Waals surface area (Å²) in [7, 11) is 0. The van der Waals surface area contributed by atoms with Gasteiger partial charge in [-0.25, -0.2) is 18.0 Å². The van der Waals surface area contributed by atoms with Crippen LogP contribution in [0, 0.1) is 17.5 Å². The van der Waals surface area contributed by atoms with Crippen LogP contribution in [0.3, 0.4) is 0 Å². The van der Waals surface area contributed by atoms with Crippen molar-refractivity contribution in [3.05, 3.63) is 71.0 Å². The van der Waals surface area contributed by atoms with E-state index in [4.69, 9.17) is 4.74 Å². The quantitative estimate of drug-likeness (QED) is 0.817. The minimum absolute atomic E-state index is 0.0544. The van der Waals surface area contributed by atoms with Crippen molar-refractivity contribution in [1.29, 1.82) is 0 Å². The molecule has 0 saturated carbocycles. The zero-order valence-electron chi connectivity index (χ0n) is 14.0. The van der Waals surface area contributed by atoms with Crippen LogP contribution in [0.2, 0.25) is 0 Å². The number of benzene rings is 2. The van der Waals surface area contributed by atoms with Gasteiger partial charge in [-0.3, -0.25) is 0 Å². The van der Waals surface area contributed by atoms with Gasteiger partial charge in [0.25, 0.3) is 0 Å². The highest BCUT2D eigenvalue weighted by Crippen LogP contribution is 2.29. The number of ether oxygens (including phenoxy) is 1. The summed E-state index contributed by atoms with van der Waals surface area (Å²) in [4.78, 5) is 12.1. The standard InChI is InChI=1S/C19H19F3N2O2/c20-15-9-17(22)16(21)8-14(15)13-6-7-23-10-18(13)24-19(25)26-11-12-4-2-1-3-5-12/h1-5,8-9,13,18,23H,6-7,10-11H2,(H,24,25)/t13?,18-/m0/s1. The number of piperidine rings is 1. The van der Waals surface area contributed by atoms with Gasteiger partial charge < -0.3 is 15.4 Å². The Hall–Kier alpha value is -2.54. The normalized spacial score (nSPS) is 19.8. The molecule has 0 aromatic heterocycles. The van der Waals surface area contributed by atoms with E-state index < -0.39 is 35.5 Å². The number of amides is 1. The van der Waals surface area contributed by atoms with Crippen molar-refractivity contribution in [2.75, 3.05) is 13.1 Å². The Bertz CT molecular complexity index is 771. The van der Waals surface area contributed by atoms with Crippen molar-refractivity contribution in [2.24, 2.45) is 0 Å². The Morgan fingerprint density at radius 3 is 2.62 bits per heavy atom. The van der Waals surface area contributed by atoms with E-state index in [1.54, 1.807) is 0 Å². The summed E-state index contributed by atoms with van der Waals surface area (Å²) in [6, 6.07) is 10.1. The molecule has 2 N–H and O–H groups in total. The maximum Gasteiger partial charge on any atom is 0.407 e. The van der Waals surface area contributed by atoms with Crippen LogP contribution in [0.4, 0.5) is 18.0 Å². The first kappa shape index (κ1) is 18.3. The molecule has 0 spiro atoms. The van der Waals surface area contributed by atoms with Crippen molar-refractivity contribution >= 4 is 6.09 Å². The molecule has 0 bridgehead atoms. The Balaban J connectivity index is 1.67. The summed E-state index contributed by atoms with van der Waals surface area (Å²) in [6.07, 6.45) is -0.165. The fourth-order valence-corrected chi connectivity index (χ4v) is 3.12. The number of carbonyl (C=O) groups is 1. The number of alkyl carbamates (subject to hydrolysis) is 1. The summed E-state index contributed by atoms with van der Waals surface area (Å²) >= 11 is 0. The SMILES string of the molecule is O=C(N[C@H]1CNCCC1c1cc(F)c(F)cc1F)OCc1ccccc1. The fraction of sp³-hybridized carbons (Fsp3) is 0.316. The van der Waals surface area contributed by atoms with Crippen molar-refractivity contribution < 1.29 is 22.7 Å². The van der Waals surface area contributed by atoms with Crippen LogP contribution < -0.4 is 10.6 Å². The van der Waals surface area contributed by atoms with Crippen molar-refractivity contribution in [1.82, 2.24) is 10.6 Å². The number of carbonyl (C=O) groups excluding carboxylic acids is 1. The molecule has 26 heavy (non-hydrogen) atoms. The minimum atomic E-state index is -1.23. The second-order valence-corrected chi connectivity index (χ2v) is 6.20. The molecule has 2 aromatic carbocycles. The lowest BCUT2D eigenvalue weighted by Gasteiger charge is -2.33. The molecule has 138 valence electrons. The average Bonchev–Trinajstić information content (AvgIpc) is 2.64. The molecule has 2 atom stereocenters. The lowest BCUT2D eigenvalue weighted by molar-refractivity contribution is 0.132. The molecule has 1 aliphatic heterocycles. The van der Waals surface area contributed by atoms with E-state index in [1.165, 1.54) is 0 Å². The highest BCUT2D eigenvalue weighted by molar-refractivity contribution is 5.68. The maximum absolute atomic E-state index is 14.1. The zero-order valence-corrected chi connectivity index (χ0v) is 14.0. The molecule has 1 amide bonds. The van der Waals surface area contributed by atoms with Crippen molar-refractivity contribution in [3.63, 3.8) is 0 Å². The monoisotopic (exact) mass is 364 g/mol. The van der Waals surface area contributed by atoms with Gasteiger partial charge in [-0.2, -0.15) is 0 Å². The highest BCUT2D eigenvalue weighted by Gasteiger charge is 2.31. The smallest absolute Gasteiger partial charge is 0.407 e. The third kappa shape index (κ3) is 4.35. The van der Waals surface area contributed by atoms with Crippen molar-refractivity contribution in [3.8, 4) is 0 Å². The summed E-state index contributed by atoms with van der Waals surface area (Å²) in [5, 5.41) is 5.79. The van der Waals surface area contributed by atoms with Crippen molar-refractivity contribution in [2.45, 2.75) is 25.0 Å². The van der Waals surface area contributed by atoms with E-state index in [0.717, 1.165) is 11.6 Å². The lowest BCUT2D eigenvalue weighted by atomic mass is 9.85. The fourth-order valence-electron chi connectivity index (χ4n) is 3.12. The van der Waals surface area contributed by atoms with E-state index in [2.05, 4.69) is 10.6 Å². The third-order valence-corrected chi connectivity index (χ3v) is 4.44. The molecule has 3 rings (SSSR count). The Morgan fingerprint density at radius 2 is 1.85 bits per heavy atom. The first-order valence-corrected chi connectivity index (χ1v) is 8.37. The molecule has 4 nitrogen and oxygen atoms in total. The second-order valence-electron chi connectivity index (χ2n) is 6.20. The molecule has 2 aromatic rings. The topological polar surface area (TPSA) is 50.4 Å². The van der Waals surface area contributed by atoms with E-state index >= 15 is 0 Å². The summed E-state index contributed by atoms with van der Waals surface area (Å²) < 4.78 is 46.0. The number of hydrogen-bond acceptors (Lipinski definition) is 3. The number of halogens is 3. The van der Waals surface area contributed by atoms with Crippen LogP contribution in [0.1, 0.15) is 23.5 Å². The lowest BCUT2D eigenvalue weighted by Crippen LogP contribution is -2.50.